The minimum Gasteiger partial charge on any atom is -0.363 e. The zero-order valence-corrected chi connectivity index (χ0v) is 20.4. The van der Waals surface area contributed by atoms with Crippen LogP contribution in [-0.2, 0) is 18.4 Å². The maximum atomic E-state index is 14.2. The Hall–Kier alpha value is -1.68. The number of para-hydroxylation sites is 1. The average molecular weight is 434 g/mol. The molecule has 0 aliphatic heterocycles. The van der Waals surface area contributed by atoms with E-state index < -0.39 is 23.7 Å². The molecule has 30 heavy (non-hydrogen) atoms. The van der Waals surface area contributed by atoms with Crippen LogP contribution in [0.1, 0.15) is 55.4 Å². The lowest BCUT2D eigenvalue weighted by molar-refractivity contribution is -0.114. The number of Topliss-reactive ketones (excluding diaryl/α,β-unsaturated/α-hetero) is 1. The van der Waals surface area contributed by atoms with Crippen molar-refractivity contribution in [3.8, 4) is 0 Å². The summed E-state index contributed by atoms with van der Waals surface area (Å²) >= 11 is 0. The molecule has 0 saturated heterocycles. The minimum absolute atomic E-state index is 0.0277. The standard InChI is InChI=1S/C24H36NO4P/c1-9-28-30(27,29-10-2)24(25-18-14-12-11-13-15-18)16-19(22(3,4)5)21(26)20(17-24)23(6,7)8/h11-17,25H,9-10H2,1-8H3. The number of carbonyl (C=O) groups is 1. The number of anilines is 1. The smallest absolute Gasteiger partial charge is 0.363 e. The lowest BCUT2D eigenvalue weighted by Crippen LogP contribution is -2.43. The van der Waals surface area contributed by atoms with Gasteiger partial charge in [-0.3, -0.25) is 9.36 Å². The van der Waals surface area contributed by atoms with E-state index in [1.165, 1.54) is 0 Å². The highest BCUT2D eigenvalue weighted by atomic mass is 31.2. The molecule has 1 N–H and O–H groups in total. The van der Waals surface area contributed by atoms with E-state index in [0.717, 1.165) is 5.69 Å². The van der Waals surface area contributed by atoms with Crippen molar-refractivity contribution in [1.82, 2.24) is 0 Å². The Morgan fingerprint density at radius 3 is 1.67 bits per heavy atom. The number of ketones is 1. The van der Waals surface area contributed by atoms with Crippen molar-refractivity contribution in [2.24, 2.45) is 10.8 Å². The molecule has 0 atom stereocenters. The van der Waals surface area contributed by atoms with Gasteiger partial charge in [-0.2, -0.15) is 0 Å². The molecule has 166 valence electrons. The molecule has 1 aromatic rings. The van der Waals surface area contributed by atoms with Gasteiger partial charge in [0.15, 0.2) is 11.1 Å². The van der Waals surface area contributed by atoms with Crippen LogP contribution in [0.15, 0.2) is 53.6 Å². The largest absolute Gasteiger partial charge is 0.363 e. The Morgan fingerprint density at radius 1 is 0.867 bits per heavy atom. The molecule has 5 nitrogen and oxygen atoms in total. The first-order chi connectivity index (χ1) is 13.8. The second-order valence-electron chi connectivity index (χ2n) is 9.59. The second kappa shape index (κ2) is 8.82. The highest BCUT2D eigenvalue weighted by molar-refractivity contribution is 7.56. The van der Waals surface area contributed by atoms with Crippen LogP contribution in [0.3, 0.4) is 0 Å². The van der Waals surface area contributed by atoms with Gasteiger partial charge in [-0.1, -0.05) is 59.7 Å². The van der Waals surface area contributed by atoms with Gasteiger partial charge in [0.2, 0.25) is 0 Å². The van der Waals surface area contributed by atoms with Crippen LogP contribution in [-0.4, -0.2) is 24.3 Å². The summed E-state index contributed by atoms with van der Waals surface area (Å²) in [7, 11) is -3.75. The molecule has 0 heterocycles. The lowest BCUT2D eigenvalue weighted by Gasteiger charge is -2.42. The summed E-state index contributed by atoms with van der Waals surface area (Å²) in [6.07, 6.45) is 3.54. The number of allylic oxidation sites excluding steroid dienone is 2. The van der Waals surface area contributed by atoms with E-state index in [2.05, 4.69) is 5.32 Å². The van der Waals surface area contributed by atoms with E-state index in [-0.39, 0.29) is 19.0 Å². The van der Waals surface area contributed by atoms with Crippen LogP contribution in [0.25, 0.3) is 0 Å². The van der Waals surface area contributed by atoms with E-state index in [0.29, 0.717) is 11.1 Å². The molecule has 0 radical (unpaired) electrons. The third kappa shape index (κ3) is 4.96. The molecule has 0 fully saturated rings. The number of rotatable bonds is 7. The van der Waals surface area contributed by atoms with Gasteiger partial charge in [0.25, 0.3) is 0 Å². The SMILES string of the molecule is CCOP(=O)(OCC)C1(Nc2ccccc2)C=C(C(C)(C)C)C(=O)C(C(C)(C)C)=C1. The van der Waals surface area contributed by atoms with E-state index in [9.17, 15) is 9.36 Å². The van der Waals surface area contributed by atoms with E-state index in [1.807, 2.05) is 71.9 Å². The van der Waals surface area contributed by atoms with Crippen molar-refractivity contribution in [3.05, 3.63) is 53.6 Å². The molecule has 0 unspecified atom stereocenters. The predicted octanol–water partition coefficient (Wildman–Crippen LogP) is 6.59. The van der Waals surface area contributed by atoms with Gasteiger partial charge < -0.3 is 14.4 Å². The summed E-state index contributed by atoms with van der Waals surface area (Å²) in [5.41, 5.74) is 1.06. The van der Waals surface area contributed by atoms with Crippen molar-refractivity contribution in [1.29, 1.82) is 0 Å². The van der Waals surface area contributed by atoms with Gasteiger partial charge in [0, 0.05) is 16.8 Å². The Bertz CT molecular complexity index is 829. The number of benzene rings is 1. The predicted molar refractivity (Wildman–Crippen MR) is 124 cm³/mol. The van der Waals surface area contributed by atoms with Crippen LogP contribution >= 0.6 is 7.60 Å². The quantitative estimate of drug-likeness (QED) is 0.492. The van der Waals surface area contributed by atoms with Gasteiger partial charge in [0.1, 0.15) is 0 Å². The van der Waals surface area contributed by atoms with Crippen LogP contribution in [0.2, 0.25) is 0 Å². The third-order valence-electron chi connectivity index (χ3n) is 5.00. The molecule has 0 amide bonds. The van der Waals surface area contributed by atoms with Crippen LogP contribution < -0.4 is 5.32 Å². The molecular formula is C24H36NO4P. The van der Waals surface area contributed by atoms with Crippen molar-refractivity contribution in [3.63, 3.8) is 0 Å². The highest BCUT2D eigenvalue weighted by Gasteiger charge is 2.53. The zero-order chi connectivity index (χ0) is 22.8. The fraction of sp³-hybridized carbons (Fsp3) is 0.542. The number of carbonyl (C=O) groups excluding carboxylic acids is 1. The molecule has 0 aromatic heterocycles. The summed E-state index contributed by atoms with van der Waals surface area (Å²) in [5, 5.41) is 2.11. The van der Waals surface area contributed by atoms with Gasteiger partial charge >= 0.3 is 7.60 Å². The van der Waals surface area contributed by atoms with Crippen molar-refractivity contribution < 1.29 is 18.4 Å². The second-order valence-corrected chi connectivity index (χ2v) is 11.8. The average Bonchev–Trinajstić information content (AvgIpc) is 2.62. The van der Waals surface area contributed by atoms with E-state index >= 15 is 0 Å². The molecular weight excluding hydrogens is 397 g/mol. The molecule has 0 bridgehead atoms. The first-order valence-corrected chi connectivity index (χ1v) is 12.1. The molecule has 0 saturated carbocycles. The fourth-order valence-electron chi connectivity index (χ4n) is 3.51. The zero-order valence-electron chi connectivity index (χ0n) is 19.5. The molecule has 1 aliphatic carbocycles. The van der Waals surface area contributed by atoms with Gasteiger partial charge in [0.05, 0.1) is 13.2 Å². The van der Waals surface area contributed by atoms with Crippen molar-refractivity contribution >= 4 is 19.1 Å². The molecule has 2 rings (SSSR count). The Labute approximate surface area is 181 Å². The van der Waals surface area contributed by atoms with Crippen molar-refractivity contribution in [2.75, 3.05) is 18.5 Å². The maximum absolute atomic E-state index is 14.2. The summed E-state index contributed by atoms with van der Waals surface area (Å²) in [4.78, 5) is 13.5. The Balaban J connectivity index is 2.89. The maximum Gasteiger partial charge on any atom is 0.363 e. The molecule has 6 heteroatoms. The Kier molecular flexibility index (Phi) is 7.23. The van der Waals surface area contributed by atoms with Crippen molar-refractivity contribution in [2.45, 2.75) is 60.7 Å². The number of nitrogens with one attached hydrogen (secondary N) is 1. The van der Waals surface area contributed by atoms with Gasteiger partial charge in [-0.05, 0) is 49.0 Å². The highest BCUT2D eigenvalue weighted by Crippen LogP contribution is 2.64. The van der Waals surface area contributed by atoms with E-state index in [4.69, 9.17) is 9.05 Å². The molecule has 1 aliphatic rings. The lowest BCUT2D eigenvalue weighted by atomic mass is 9.71. The third-order valence-corrected chi connectivity index (χ3v) is 7.48. The van der Waals surface area contributed by atoms with Crippen LogP contribution in [0.5, 0.6) is 0 Å². The first kappa shape index (κ1) is 24.6. The Morgan fingerprint density at radius 2 is 1.30 bits per heavy atom. The number of hydrogen-bond acceptors (Lipinski definition) is 5. The normalized spacial score (nSPS) is 17.4. The summed E-state index contributed by atoms with van der Waals surface area (Å²) in [6.45, 7) is 16.0. The molecule has 1 aromatic carbocycles. The van der Waals surface area contributed by atoms with Crippen LogP contribution in [0, 0.1) is 10.8 Å². The molecule has 0 spiro atoms. The summed E-state index contributed by atoms with van der Waals surface area (Å²) in [6, 6.07) is 9.52. The van der Waals surface area contributed by atoms with Gasteiger partial charge in [-0.25, -0.2) is 0 Å². The number of hydrogen-bond donors (Lipinski definition) is 1. The summed E-state index contributed by atoms with van der Waals surface area (Å²) < 4.78 is 25.9. The minimum atomic E-state index is -3.75. The monoisotopic (exact) mass is 433 g/mol. The summed E-state index contributed by atoms with van der Waals surface area (Å²) in [5.74, 6) is -0.0277. The van der Waals surface area contributed by atoms with Crippen LogP contribution in [0.4, 0.5) is 5.69 Å². The first-order valence-electron chi connectivity index (χ1n) is 10.5. The van der Waals surface area contributed by atoms with Gasteiger partial charge in [-0.15, -0.1) is 0 Å². The topological polar surface area (TPSA) is 64.6 Å². The fourth-order valence-corrected chi connectivity index (χ4v) is 5.54. The van der Waals surface area contributed by atoms with E-state index in [1.54, 1.807) is 26.0 Å².